The van der Waals surface area contributed by atoms with Crippen LogP contribution in [0, 0.1) is 0 Å². The van der Waals surface area contributed by atoms with Crippen LogP contribution in [0.4, 0.5) is 17.6 Å². The van der Waals surface area contributed by atoms with Crippen molar-refractivity contribution in [2.24, 2.45) is 0 Å². The Kier molecular flexibility index (Phi) is 6.04. The Morgan fingerprint density at radius 2 is 1.77 bits per heavy atom. The molecule has 5 rings (SSSR count). The summed E-state index contributed by atoms with van der Waals surface area (Å²) in [4.78, 5) is 8.84. The summed E-state index contributed by atoms with van der Waals surface area (Å²) in [6.45, 7) is 0.491. The zero-order valence-electron chi connectivity index (χ0n) is 19.3. The van der Waals surface area contributed by atoms with E-state index in [1.807, 2.05) is 66.7 Å². The van der Waals surface area contributed by atoms with Gasteiger partial charge in [0, 0.05) is 23.2 Å². The number of nitrogen functional groups attached to an aromatic ring is 1. The minimum atomic E-state index is 0.325. The van der Waals surface area contributed by atoms with Gasteiger partial charge in [0.25, 0.3) is 0 Å². The summed E-state index contributed by atoms with van der Waals surface area (Å²) in [5.41, 5.74) is 9.68. The summed E-state index contributed by atoms with van der Waals surface area (Å²) in [5, 5.41) is 11.4. The third-order valence-corrected chi connectivity index (χ3v) is 5.53. The highest BCUT2D eigenvalue weighted by Crippen LogP contribution is 2.34. The maximum Gasteiger partial charge on any atom is 0.230 e. The lowest BCUT2D eigenvalue weighted by Crippen LogP contribution is -2.02. The van der Waals surface area contributed by atoms with Crippen molar-refractivity contribution >= 4 is 28.5 Å². The third-order valence-electron chi connectivity index (χ3n) is 5.53. The molecule has 0 fully saturated rings. The zero-order valence-corrected chi connectivity index (χ0v) is 19.3. The summed E-state index contributed by atoms with van der Waals surface area (Å²) in [6.07, 6.45) is 1.66. The summed E-state index contributed by atoms with van der Waals surface area (Å²) < 4.78 is 16.6. The highest BCUT2D eigenvalue weighted by molar-refractivity contribution is 5.91. The van der Waals surface area contributed by atoms with Gasteiger partial charge in [-0.15, -0.1) is 0 Å². The van der Waals surface area contributed by atoms with E-state index < -0.39 is 0 Å². The highest BCUT2D eigenvalue weighted by atomic mass is 16.5. The lowest BCUT2D eigenvalue weighted by atomic mass is 10.1. The van der Waals surface area contributed by atoms with Gasteiger partial charge in [-0.25, -0.2) is 4.98 Å². The Bertz CT molecular complexity index is 1470. The van der Waals surface area contributed by atoms with Crippen LogP contribution in [0.15, 0.2) is 72.9 Å². The molecule has 0 aliphatic rings. The Balaban J connectivity index is 1.33. The van der Waals surface area contributed by atoms with E-state index in [9.17, 15) is 0 Å². The smallest absolute Gasteiger partial charge is 0.230 e. The van der Waals surface area contributed by atoms with E-state index in [1.54, 1.807) is 20.4 Å². The quantitative estimate of drug-likeness (QED) is 0.293. The minimum Gasteiger partial charge on any atom is -0.493 e. The molecule has 0 unspecified atom stereocenters. The molecule has 9 heteroatoms. The van der Waals surface area contributed by atoms with Crippen LogP contribution < -0.4 is 25.3 Å². The second kappa shape index (κ2) is 9.60. The molecule has 4 N–H and O–H groups in total. The van der Waals surface area contributed by atoms with Crippen molar-refractivity contribution in [3.8, 4) is 28.4 Å². The first-order valence-corrected chi connectivity index (χ1v) is 10.9. The van der Waals surface area contributed by atoms with Gasteiger partial charge in [0.2, 0.25) is 5.95 Å². The molecule has 2 heterocycles. The van der Waals surface area contributed by atoms with E-state index in [0.29, 0.717) is 41.3 Å². The molecule has 0 aliphatic heterocycles. The average molecular weight is 469 g/mol. The van der Waals surface area contributed by atoms with Gasteiger partial charge >= 0.3 is 0 Å². The fraction of sp³-hybridized carbons (Fsp3) is 0.115. The van der Waals surface area contributed by atoms with Gasteiger partial charge in [-0.1, -0.05) is 36.4 Å². The number of rotatable bonds is 8. The number of anilines is 3. The number of hydrogen-bond donors (Lipinski definition) is 3. The van der Waals surface area contributed by atoms with Crippen LogP contribution in [0.1, 0.15) is 5.56 Å². The number of aromatic amines is 1. The number of nitrogens with zero attached hydrogens (tertiary/aromatic N) is 3. The van der Waals surface area contributed by atoms with Crippen LogP contribution >= 0.6 is 0 Å². The molecule has 9 nitrogen and oxygen atoms in total. The van der Waals surface area contributed by atoms with Crippen LogP contribution in [-0.4, -0.2) is 34.4 Å². The van der Waals surface area contributed by atoms with E-state index in [4.69, 9.17) is 19.9 Å². The van der Waals surface area contributed by atoms with Crippen LogP contribution in [-0.2, 0) is 6.61 Å². The summed E-state index contributed by atoms with van der Waals surface area (Å²) >= 11 is 0. The van der Waals surface area contributed by atoms with Gasteiger partial charge in [0.05, 0.1) is 19.7 Å². The molecular weight excluding hydrogens is 444 g/mol. The molecule has 3 aromatic carbocycles. The Labute approximate surface area is 201 Å². The maximum absolute atomic E-state index is 6.25. The number of methoxy groups -OCH3 is 2. The third kappa shape index (κ3) is 4.65. The highest BCUT2D eigenvalue weighted by Gasteiger charge is 2.13. The Morgan fingerprint density at radius 1 is 0.943 bits per heavy atom. The predicted molar refractivity (Wildman–Crippen MR) is 135 cm³/mol. The number of nitrogens with two attached hydrogens (primary N) is 1. The van der Waals surface area contributed by atoms with Gasteiger partial charge in [0.15, 0.2) is 17.3 Å². The normalized spacial score (nSPS) is 10.8. The van der Waals surface area contributed by atoms with Crippen molar-refractivity contribution in [1.82, 2.24) is 20.2 Å². The molecule has 0 saturated carbocycles. The van der Waals surface area contributed by atoms with Crippen LogP contribution in [0.3, 0.4) is 0 Å². The number of hydrogen-bond acceptors (Lipinski definition) is 8. The standard InChI is InChI=1S/C26H24N6O3/c1-33-22-11-8-17(12-23(22)34-2)20-14-28-26(29-24(20)27)30-25-19-10-9-18(13-21(19)31-32-25)35-15-16-6-4-3-5-7-16/h3-14H,15H2,1-2H3,(H4,27,28,29,30,31,32). The Morgan fingerprint density at radius 3 is 2.54 bits per heavy atom. The van der Waals surface area contributed by atoms with Gasteiger partial charge in [-0.2, -0.15) is 10.1 Å². The number of fused-ring (bicyclic) bond motifs is 1. The molecule has 176 valence electrons. The lowest BCUT2D eigenvalue weighted by molar-refractivity contribution is 0.306. The van der Waals surface area contributed by atoms with E-state index in [2.05, 4.69) is 25.5 Å². The zero-order chi connectivity index (χ0) is 24.2. The Hall–Kier alpha value is -4.79. The lowest BCUT2D eigenvalue weighted by Gasteiger charge is -2.11. The number of aromatic nitrogens is 4. The van der Waals surface area contributed by atoms with Crippen molar-refractivity contribution in [3.05, 3.63) is 78.5 Å². The molecule has 2 aromatic heterocycles. The summed E-state index contributed by atoms with van der Waals surface area (Å²) in [5.74, 6) is 3.23. The predicted octanol–water partition coefficient (Wildman–Crippen LogP) is 4.94. The maximum atomic E-state index is 6.25. The summed E-state index contributed by atoms with van der Waals surface area (Å²) in [7, 11) is 3.17. The first-order chi connectivity index (χ1) is 17.1. The second-order valence-corrected chi connectivity index (χ2v) is 7.74. The molecule has 0 atom stereocenters. The average Bonchev–Trinajstić information content (AvgIpc) is 3.29. The fourth-order valence-electron chi connectivity index (χ4n) is 3.71. The molecule has 5 aromatic rings. The van der Waals surface area contributed by atoms with Crippen molar-refractivity contribution < 1.29 is 14.2 Å². The molecule has 0 radical (unpaired) electrons. The number of nitrogens with one attached hydrogen (secondary N) is 2. The molecule has 0 saturated heterocycles. The molecule has 0 bridgehead atoms. The van der Waals surface area contributed by atoms with E-state index in [0.717, 1.165) is 27.8 Å². The first-order valence-electron chi connectivity index (χ1n) is 10.9. The van der Waals surface area contributed by atoms with E-state index in [1.165, 1.54) is 0 Å². The molecular formula is C26H24N6O3. The second-order valence-electron chi connectivity index (χ2n) is 7.74. The largest absolute Gasteiger partial charge is 0.493 e. The van der Waals surface area contributed by atoms with Gasteiger partial charge in [0.1, 0.15) is 18.2 Å². The van der Waals surface area contributed by atoms with Crippen LogP contribution in [0.2, 0.25) is 0 Å². The van der Waals surface area contributed by atoms with Gasteiger partial charge in [-0.05, 0) is 35.4 Å². The van der Waals surface area contributed by atoms with Crippen LogP contribution in [0.25, 0.3) is 22.0 Å². The first kappa shape index (κ1) is 22.0. The monoisotopic (exact) mass is 468 g/mol. The summed E-state index contributed by atoms with van der Waals surface area (Å²) in [6, 6.07) is 21.3. The number of ether oxygens (including phenoxy) is 3. The van der Waals surface area contributed by atoms with Crippen molar-refractivity contribution in [2.45, 2.75) is 6.61 Å². The van der Waals surface area contributed by atoms with E-state index >= 15 is 0 Å². The SMILES string of the molecule is COc1ccc(-c2cnc(Nc3n[nH]c4cc(OCc5ccccc5)ccc34)nc2N)cc1OC. The fourth-order valence-corrected chi connectivity index (χ4v) is 3.71. The molecule has 0 spiro atoms. The van der Waals surface area contributed by atoms with Crippen molar-refractivity contribution in [2.75, 3.05) is 25.3 Å². The number of benzene rings is 3. The molecule has 35 heavy (non-hydrogen) atoms. The topological polar surface area (TPSA) is 120 Å². The van der Waals surface area contributed by atoms with Gasteiger partial charge < -0.3 is 25.3 Å². The number of H-pyrrole nitrogens is 1. The van der Waals surface area contributed by atoms with Crippen molar-refractivity contribution in [3.63, 3.8) is 0 Å². The molecule has 0 aliphatic carbocycles. The van der Waals surface area contributed by atoms with E-state index in [-0.39, 0.29) is 0 Å². The van der Waals surface area contributed by atoms with Crippen molar-refractivity contribution in [1.29, 1.82) is 0 Å². The van der Waals surface area contributed by atoms with Gasteiger partial charge in [-0.3, -0.25) is 5.10 Å². The van der Waals surface area contributed by atoms with Crippen LogP contribution in [0.5, 0.6) is 17.2 Å². The molecule has 0 amide bonds. The minimum absolute atomic E-state index is 0.325.